The molecule has 2 N–H and O–H groups in total. The van der Waals surface area contributed by atoms with Gasteiger partial charge in [-0.1, -0.05) is 36.4 Å². The van der Waals surface area contributed by atoms with Crippen LogP contribution in [0.1, 0.15) is 0 Å². The lowest BCUT2D eigenvalue weighted by Gasteiger charge is -2.06. The Morgan fingerprint density at radius 2 is 1.00 bits per heavy atom. The fourth-order valence-corrected chi connectivity index (χ4v) is 2.18. The maximum absolute atomic E-state index is 9.31. The quantitative estimate of drug-likeness (QED) is 0.346. The molecule has 0 radical (unpaired) electrons. The van der Waals surface area contributed by atoms with Crippen LogP contribution in [0.5, 0.6) is 11.5 Å². The van der Waals surface area contributed by atoms with E-state index in [9.17, 15) is 10.2 Å². The first-order valence-electron chi connectivity index (χ1n) is 7.48. The Morgan fingerprint density at radius 3 is 1.33 bits per heavy atom. The minimum absolute atomic E-state index is 0.239. The predicted molar refractivity (Wildman–Crippen MR) is 97.3 cm³/mol. The summed E-state index contributed by atoms with van der Waals surface area (Å²) in [6.45, 7) is 0. The lowest BCUT2D eigenvalue weighted by molar-refractivity contribution is 0.352. The number of aromatic hydroxyl groups is 2. The molecule has 140 valence electrons. The van der Waals surface area contributed by atoms with Crippen molar-refractivity contribution in [1.29, 1.82) is 0 Å². The van der Waals surface area contributed by atoms with Crippen molar-refractivity contribution in [3.8, 4) is 11.5 Å². The molecular weight excluding hydrogens is 372 g/mol. The van der Waals surface area contributed by atoms with Crippen LogP contribution >= 0.6 is 0 Å². The minimum Gasteiger partial charge on any atom is -0.759 e. The monoisotopic (exact) mass is 386 g/mol. The predicted octanol–water partition coefficient (Wildman–Crippen LogP) is 2.54. The fraction of sp³-hybridized carbons (Fsp3) is 0. The van der Waals surface area contributed by atoms with Gasteiger partial charge in [0.1, 0.15) is 22.5 Å². The lowest BCUT2D eigenvalue weighted by atomic mass is 10.2. The second-order valence-electron chi connectivity index (χ2n) is 5.11. The van der Waals surface area contributed by atoms with Crippen LogP contribution in [-0.4, -0.2) is 37.7 Å². The van der Waals surface area contributed by atoms with Crippen LogP contribution in [0.25, 0.3) is 21.8 Å². The van der Waals surface area contributed by atoms with E-state index in [2.05, 4.69) is 9.97 Å². The molecule has 27 heavy (non-hydrogen) atoms. The zero-order valence-corrected chi connectivity index (χ0v) is 14.6. The number of fused-ring (bicyclic) bond motifs is 2. The maximum Gasteiger partial charge on any atom is 0.141 e. The molecule has 0 saturated carbocycles. The molecule has 2 aromatic carbocycles. The molecule has 0 amide bonds. The highest BCUT2D eigenvalue weighted by Gasteiger charge is 1.97. The van der Waals surface area contributed by atoms with Crippen LogP contribution in [0.4, 0.5) is 0 Å². The van der Waals surface area contributed by atoms with E-state index in [1.807, 2.05) is 36.4 Å². The van der Waals surface area contributed by atoms with Crippen molar-refractivity contribution in [2.45, 2.75) is 0 Å². The van der Waals surface area contributed by atoms with Crippen LogP contribution in [-0.2, 0) is 10.4 Å². The van der Waals surface area contributed by atoms with E-state index in [0.717, 1.165) is 10.8 Å². The van der Waals surface area contributed by atoms with Crippen LogP contribution in [0, 0.1) is 0 Å². The van der Waals surface area contributed by atoms with Gasteiger partial charge in [0.05, 0.1) is 0 Å². The van der Waals surface area contributed by atoms with Crippen LogP contribution in [0.2, 0.25) is 0 Å². The third kappa shape index (κ3) is 6.51. The largest absolute Gasteiger partial charge is 0.759 e. The van der Waals surface area contributed by atoms with E-state index in [1.54, 1.807) is 36.7 Å². The van der Waals surface area contributed by atoms with Crippen molar-refractivity contribution in [3.05, 3.63) is 73.1 Å². The van der Waals surface area contributed by atoms with Crippen molar-refractivity contribution in [2.24, 2.45) is 0 Å². The summed E-state index contributed by atoms with van der Waals surface area (Å²) in [4.78, 5) is 8.06. The molecule has 2 heterocycles. The van der Waals surface area contributed by atoms with Gasteiger partial charge in [0.25, 0.3) is 0 Å². The third-order valence-corrected chi connectivity index (χ3v) is 3.22. The number of hydrogen-bond donors (Lipinski definition) is 2. The van der Waals surface area contributed by atoms with Crippen molar-refractivity contribution >= 4 is 32.2 Å². The average molecular weight is 386 g/mol. The molecule has 0 aliphatic heterocycles. The van der Waals surface area contributed by atoms with E-state index in [1.165, 1.54) is 0 Å². The number of aromatic nitrogens is 2. The molecule has 4 aromatic rings. The Labute approximate surface area is 155 Å². The smallest absolute Gasteiger partial charge is 0.141 e. The summed E-state index contributed by atoms with van der Waals surface area (Å²) in [5, 5.41) is 20.5. The Morgan fingerprint density at radius 1 is 0.667 bits per heavy atom. The SMILES string of the molecule is O=S(=O)([O-])[O-].Oc1cccc2cccnc12.Oc1cccc2cccnc12. The molecule has 0 aliphatic rings. The summed E-state index contributed by atoms with van der Waals surface area (Å²) in [5.74, 6) is 0.478. The van der Waals surface area contributed by atoms with E-state index < -0.39 is 10.4 Å². The van der Waals surface area contributed by atoms with Crippen molar-refractivity contribution in [3.63, 3.8) is 0 Å². The Hall–Kier alpha value is -3.27. The van der Waals surface area contributed by atoms with Gasteiger partial charge in [0.15, 0.2) is 0 Å². The molecule has 0 saturated heterocycles. The Kier molecular flexibility index (Phi) is 6.61. The molecule has 0 fully saturated rings. The number of benzene rings is 2. The van der Waals surface area contributed by atoms with Gasteiger partial charge >= 0.3 is 0 Å². The first-order valence-corrected chi connectivity index (χ1v) is 8.81. The zero-order chi connectivity index (χ0) is 19.9. The van der Waals surface area contributed by atoms with Gasteiger partial charge < -0.3 is 19.3 Å². The Bertz CT molecular complexity index is 1050. The molecule has 0 aliphatic carbocycles. The van der Waals surface area contributed by atoms with E-state index in [0.29, 0.717) is 11.0 Å². The molecule has 0 unspecified atom stereocenters. The van der Waals surface area contributed by atoms with E-state index in [-0.39, 0.29) is 11.5 Å². The van der Waals surface area contributed by atoms with E-state index in [4.69, 9.17) is 17.5 Å². The van der Waals surface area contributed by atoms with Gasteiger partial charge in [0.2, 0.25) is 0 Å². The highest BCUT2D eigenvalue weighted by atomic mass is 32.3. The molecule has 4 rings (SSSR count). The molecule has 0 atom stereocenters. The molecule has 2 aromatic heterocycles. The second-order valence-corrected chi connectivity index (χ2v) is 5.93. The first kappa shape index (κ1) is 20.0. The number of phenols is 2. The van der Waals surface area contributed by atoms with Gasteiger partial charge in [-0.15, -0.1) is 0 Å². The van der Waals surface area contributed by atoms with Gasteiger partial charge in [-0.2, -0.15) is 0 Å². The number of rotatable bonds is 0. The van der Waals surface area contributed by atoms with Crippen molar-refractivity contribution in [2.75, 3.05) is 0 Å². The van der Waals surface area contributed by atoms with Crippen LogP contribution in [0.15, 0.2) is 73.1 Å². The maximum atomic E-state index is 9.31. The topological polar surface area (TPSA) is 146 Å². The zero-order valence-electron chi connectivity index (χ0n) is 13.8. The lowest BCUT2D eigenvalue weighted by Crippen LogP contribution is -1.91. The summed E-state index contributed by atoms with van der Waals surface area (Å²) in [6.07, 6.45) is 3.34. The number of pyridine rings is 2. The van der Waals surface area contributed by atoms with Crippen molar-refractivity contribution in [1.82, 2.24) is 9.97 Å². The average Bonchev–Trinajstić information content (AvgIpc) is 2.62. The van der Waals surface area contributed by atoms with Crippen LogP contribution < -0.4 is 0 Å². The minimum atomic E-state index is -5.17. The molecule has 9 heteroatoms. The first-order chi connectivity index (χ1) is 12.8. The van der Waals surface area contributed by atoms with E-state index >= 15 is 0 Å². The summed E-state index contributed by atoms with van der Waals surface area (Å²) >= 11 is 0. The highest BCUT2D eigenvalue weighted by Crippen LogP contribution is 2.21. The highest BCUT2D eigenvalue weighted by molar-refractivity contribution is 7.79. The molecule has 0 bridgehead atoms. The number of phenolic OH excluding ortho intramolecular Hbond substituents is 2. The van der Waals surface area contributed by atoms with Gasteiger partial charge in [-0.25, -0.2) is 0 Å². The summed E-state index contributed by atoms with van der Waals surface area (Å²) < 4.78 is 34.1. The number of hydrogen-bond acceptors (Lipinski definition) is 8. The molecule has 8 nitrogen and oxygen atoms in total. The molecule has 0 spiro atoms. The third-order valence-electron chi connectivity index (χ3n) is 3.22. The second kappa shape index (κ2) is 8.90. The molecular formula is C18H14N2O6S-2. The van der Waals surface area contributed by atoms with Gasteiger partial charge in [-0.05, 0) is 24.3 Å². The fourth-order valence-electron chi connectivity index (χ4n) is 2.18. The van der Waals surface area contributed by atoms with Crippen molar-refractivity contribution < 1.29 is 27.7 Å². The Balaban J connectivity index is 0.000000157. The number of para-hydroxylation sites is 2. The summed E-state index contributed by atoms with van der Waals surface area (Å²) in [7, 11) is -5.17. The van der Waals surface area contributed by atoms with Crippen LogP contribution in [0.3, 0.4) is 0 Å². The normalized spacial score (nSPS) is 10.4. The van der Waals surface area contributed by atoms with Gasteiger partial charge in [-0.3, -0.25) is 18.4 Å². The standard InChI is InChI=1S/2C9H7NO.H2O4S/c2*11-8-5-1-3-7-4-2-6-10-9(7)8;1-5(2,3)4/h2*1-6,11H;(H2,1,2,3,4)/p-2. The van der Waals surface area contributed by atoms with Gasteiger partial charge in [0, 0.05) is 33.6 Å². The number of nitrogens with zero attached hydrogens (tertiary/aromatic N) is 2. The summed E-state index contributed by atoms with van der Waals surface area (Å²) in [5.41, 5.74) is 1.32. The summed E-state index contributed by atoms with van der Waals surface area (Å²) in [6, 6.07) is 18.3.